The molecular weight excluding hydrogens is 162 g/mol. The third-order valence-electron chi connectivity index (χ3n) is 4.16. The van der Waals surface area contributed by atoms with Crippen LogP contribution < -0.4 is 0 Å². The molecule has 3 rings (SSSR count). The Morgan fingerprint density at radius 1 is 1.38 bits per heavy atom. The minimum absolute atomic E-state index is 0.258. The summed E-state index contributed by atoms with van der Waals surface area (Å²) in [6.07, 6.45) is 2.46. The first-order valence-corrected chi connectivity index (χ1v) is 5.13. The molecule has 3 fully saturated rings. The maximum Gasteiger partial charge on any atom is 0.219 e. The van der Waals surface area contributed by atoms with E-state index in [2.05, 4.69) is 25.7 Å². The van der Waals surface area contributed by atoms with Gasteiger partial charge in [-0.05, 0) is 23.7 Å². The van der Waals surface area contributed by atoms with E-state index in [9.17, 15) is 4.79 Å². The molecule has 0 unspecified atom stereocenters. The molecule has 1 amide bonds. The van der Waals surface area contributed by atoms with E-state index >= 15 is 0 Å². The Labute approximate surface area is 80.3 Å². The lowest BCUT2D eigenvalue weighted by Gasteiger charge is -2.47. The molecule has 1 saturated carbocycles. The van der Waals surface area contributed by atoms with E-state index in [0.29, 0.717) is 16.9 Å². The monoisotopic (exact) mass is 181 g/mol. The predicted molar refractivity (Wildman–Crippen MR) is 52.3 cm³/mol. The van der Waals surface area contributed by atoms with E-state index in [1.54, 1.807) is 6.92 Å². The minimum Gasteiger partial charge on any atom is -0.339 e. The van der Waals surface area contributed by atoms with Gasteiger partial charge < -0.3 is 4.90 Å². The normalized spacial score (nSPS) is 37.5. The van der Waals surface area contributed by atoms with Crippen LogP contribution in [0.1, 0.15) is 40.5 Å². The van der Waals surface area contributed by atoms with Crippen LogP contribution in [0.5, 0.6) is 0 Å². The molecule has 0 radical (unpaired) electrons. The van der Waals surface area contributed by atoms with Crippen molar-refractivity contribution < 1.29 is 4.79 Å². The average molecular weight is 181 g/mol. The third kappa shape index (κ3) is 1.04. The van der Waals surface area contributed by atoms with Crippen molar-refractivity contribution in [2.75, 3.05) is 6.54 Å². The topological polar surface area (TPSA) is 20.3 Å². The Kier molecular flexibility index (Phi) is 1.59. The summed E-state index contributed by atoms with van der Waals surface area (Å²) in [4.78, 5) is 13.3. The molecule has 0 atom stereocenters. The number of carbonyl (C=O) groups excluding carboxylic acids is 1. The van der Waals surface area contributed by atoms with Gasteiger partial charge in [0.2, 0.25) is 5.91 Å². The Morgan fingerprint density at radius 2 is 1.92 bits per heavy atom. The zero-order valence-corrected chi connectivity index (χ0v) is 9.05. The first-order chi connectivity index (χ1) is 5.86. The lowest BCUT2D eigenvalue weighted by Crippen LogP contribution is -2.44. The third-order valence-corrected chi connectivity index (χ3v) is 4.16. The molecule has 2 saturated heterocycles. The van der Waals surface area contributed by atoms with Crippen LogP contribution in [0.15, 0.2) is 0 Å². The summed E-state index contributed by atoms with van der Waals surface area (Å²) < 4.78 is 0. The summed E-state index contributed by atoms with van der Waals surface area (Å²) in [6.45, 7) is 9.58. The highest BCUT2D eigenvalue weighted by molar-refractivity contribution is 5.74. The van der Waals surface area contributed by atoms with Gasteiger partial charge in [-0.3, -0.25) is 4.79 Å². The summed E-state index contributed by atoms with van der Waals surface area (Å²) in [6, 6.07) is 0.566. The SMILES string of the molecule is CC(=O)N1CC2(C(C)(C)C)CC1C2. The Bertz CT molecular complexity index is 245. The number of amides is 1. The van der Waals surface area contributed by atoms with E-state index < -0.39 is 0 Å². The maximum atomic E-state index is 11.3. The highest BCUT2D eigenvalue weighted by Crippen LogP contribution is 2.60. The van der Waals surface area contributed by atoms with Gasteiger partial charge in [-0.15, -0.1) is 0 Å². The molecule has 2 aliphatic heterocycles. The molecule has 13 heavy (non-hydrogen) atoms. The first-order valence-electron chi connectivity index (χ1n) is 5.13. The van der Waals surface area contributed by atoms with Crippen LogP contribution in [0.25, 0.3) is 0 Å². The van der Waals surface area contributed by atoms with Gasteiger partial charge in [-0.1, -0.05) is 20.8 Å². The van der Waals surface area contributed by atoms with Crippen molar-refractivity contribution in [3.63, 3.8) is 0 Å². The highest BCUT2D eigenvalue weighted by Gasteiger charge is 2.60. The number of hydrogen-bond acceptors (Lipinski definition) is 1. The van der Waals surface area contributed by atoms with E-state index in [-0.39, 0.29) is 5.91 Å². The molecule has 74 valence electrons. The minimum atomic E-state index is 0.258. The fourth-order valence-corrected chi connectivity index (χ4v) is 2.86. The van der Waals surface area contributed by atoms with Crippen molar-refractivity contribution in [2.24, 2.45) is 10.8 Å². The molecule has 2 bridgehead atoms. The van der Waals surface area contributed by atoms with Crippen LogP contribution in [0.4, 0.5) is 0 Å². The average Bonchev–Trinajstić information content (AvgIpc) is 2.33. The fourth-order valence-electron chi connectivity index (χ4n) is 2.86. The van der Waals surface area contributed by atoms with Crippen LogP contribution in [0.3, 0.4) is 0 Å². The Balaban J connectivity index is 2.16. The molecule has 2 heterocycles. The number of hydrogen-bond donors (Lipinski definition) is 0. The van der Waals surface area contributed by atoms with Gasteiger partial charge in [0, 0.05) is 19.5 Å². The van der Waals surface area contributed by atoms with E-state index in [4.69, 9.17) is 0 Å². The maximum absolute atomic E-state index is 11.3. The van der Waals surface area contributed by atoms with Gasteiger partial charge in [0.15, 0.2) is 0 Å². The molecule has 0 aromatic carbocycles. The lowest BCUT2D eigenvalue weighted by molar-refractivity contribution is -0.128. The number of carbonyl (C=O) groups is 1. The summed E-state index contributed by atoms with van der Waals surface area (Å²) in [5.74, 6) is 0.258. The Hall–Kier alpha value is -0.530. The van der Waals surface area contributed by atoms with Gasteiger partial charge in [-0.25, -0.2) is 0 Å². The predicted octanol–water partition coefficient (Wildman–Crippen LogP) is 2.04. The molecule has 2 heteroatoms. The van der Waals surface area contributed by atoms with E-state index in [1.165, 1.54) is 12.8 Å². The summed E-state index contributed by atoms with van der Waals surface area (Å²) in [5.41, 5.74) is 0.789. The largest absolute Gasteiger partial charge is 0.339 e. The molecule has 2 nitrogen and oxygen atoms in total. The smallest absolute Gasteiger partial charge is 0.219 e. The summed E-state index contributed by atoms with van der Waals surface area (Å²) >= 11 is 0. The van der Waals surface area contributed by atoms with Gasteiger partial charge in [0.25, 0.3) is 0 Å². The number of nitrogens with zero attached hydrogens (tertiary/aromatic N) is 1. The van der Waals surface area contributed by atoms with Crippen molar-refractivity contribution in [1.29, 1.82) is 0 Å². The summed E-state index contributed by atoms with van der Waals surface area (Å²) in [5, 5.41) is 0. The van der Waals surface area contributed by atoms with Crippen LogP contribution in [-0.4, -0.2) is 23.4 Å². The second kappa shape index (κ2) is 2.28. The van der Waals surface area contributed by atoms with Crippen molar-refractivity contribution in [3.05, 3.63) is 0 Å². The van der Waals surface area contributed by atoms with E-state index in [1.807, 2.05) is 0 Å². The first kappa shape index (κ1) is 9.04. The molecule has 0 N–H and O–H groups in total. The van der Waals surface area contributed by atoms with Crippen molar-refractivity contribution in [3.8, 4) is 0 Å². The van der Waals surface area contributed by atoms with Crippen LogP contribution in [0, 0.1) is 10.8 Å². The highest BCUT2D eigenvalue weighted by atomic mass is 16.2. The van der Waals surface area contributed by atoms with Crippen molar-refractivity contribution >= 4 is 5.91 Å². The van der Waals surface area contributed by atoms with Gasteiger partial charge >= 0.3 is 0 Å². The quantitative estimate of drug-likeness (QED) is 0.560. The second-order valence-corrected chi connectivity index (χ2v) is 5.74. The number of rotatable bonds is 0. The molecule has 0 aromatic rings. The van der Waals surface area contributed by atoms with Crippen LogP contribution in [0.2, 0.25) is 0 Å². The molecular formula is C11H19NO. The van der Waals surface area contributed by atoms with E-state index in [0.717, 1.165) is 6.54 Å². The van der Waals surface area contributed by atoms with Crippen LogP contribution >= 0.6 is 0 Å². The molecule has 0 aromatic heterocycles. The van der Waals surface area contributed by atoms with Gasteiger partial charge in [0.05, 0.1) is 0 Å². The van der Waals surface area contributed by atoms with Gasteiger partial charge in [-0.2, -0.15) is 0 Å². The lowest BCUT2D eigenvalue weighted by atomic mass is 9.56. The second-order valence-electron chi connectivity index (χ2n) is 5.74. The zero-order valence-electron chi connectivity index (χ0n) is 9.05. The summed E-state index contributed by atoms with van der Waals surface area (Å²) in [7, 11) is 0. The van der Waals surface area contributed by atoms with Crippen molar-refractivity contribution in [2.45, 2.75) is 46.6 Å². The molecule has 3 aliphatic rings. The zero-order chi connectivity index (χ0) is 9.85. The number of fused-ring (bicyclic) bond motifs is 1. The van der Waals surface area contributed by atoms with Crippen molar-refractivity contribution in [1.82, 2.24) is 4.90 Å². The molecule has 1 aliphatic carbocycles. The Morgan fingerprint density at radius 3 is 2.15 bits per heavy atom. The molecule has 0 spiro atoms. The van der Waals surface area contributed by atoms with Crippen LogP contribution in [-0.2, 0) is 4.79 Å². The van der Waals surface area contributed by atoms with Gasteiger partial charge in [0.1, 0.15) is 0 Å². The fraction of sp³-hybridized carbons (Fsp3) is 0.909. The standard InChI is InChI=1S/C11H19NO/c1-8(13)12-7-11(10(2,3)4)5-9(12)6-11/h9H,5-7H2,1-4H3.